The Kier molecular flexibility index (Phi) is 6.38. The molecule has 9 nitrogen and oxygen atoms in total. The predicted octanol–water partition coefficient (Wildman–Crippen LogP) is 2.50. The summed E-state index contributed by atoms with van der Waals surface area (Å²) < 4.78 is 32.4. The smallest absolute Gasteiger partial charge is 0.264 e. The van der Waals surface area contributed by atoms with E-state index in [0.717, 1.165) is 0 Å². The molecular formula is C20H18N4O5S. The summed E-state index contributed by atoms with van der Waals surface area (Å²) in [6, 6.07) is 13.7. The van der Waals surface area contributed by atoms with Crippen molar-refractivity contribution < 1.29 is 22.7 Å². The van der Waals surface area contributed by atoms with Crippen LogP contribution in [0.4, 0.5) is 11.6 Å². The van der Waals surface area contributed by atoms with Gasteiger partial charge in [0.15, 0.2) is 12.4 Å². The van der Waals surface area contributed by atoms with Crippen LogP contribution in [0.5, 0.6) is 5.75 Å². The summed E-state index contributed by atoms with van der Waals surface area (Å²) in [4.78, 5) is 31.1. The van der Waals surface area contributed by atoms with Gasteiger partial charge in [-0.3, -0.25) is 9.59 Å². The first kappa shape index (κ1) is 20.9. The molecule has 0 saturated heterocycles. The Morgan fingerprint density at radius 3 is 2.37 bits per heavy atom. The van der Waals surface area contributed by atoms with Crippen LogP contribution in [0.1, 0.15) is 17.3 Å². The molecule has 0 atom stereocenters. The van der Waals surface area contributed by atoms with Crippen molar-refractivity contribution in [1.29, 1.82) is 0 Å². The molecule has 2 aromatic carbocycles. The SMILES string of the molecule is CC(=O)c1cccc(OCC(=O)Nc2ccc(S(=O)(=O)Nc3ncccn3)cc2)c1. The summed E-state index contributed by atoms with van der Waals surface area (Å²) in [5.74, 6) is -0.183. The molecule has 0 fully saturated rings. The maximum atomic E-state index is 12.3. The predicted molar refractivity (Wildman–Crippen MR) is 110 cm³/mol. The molecule has 0 aliphatic rings. The van der Waals surface area contributed by atoms with Gasteiger partial charge in [-0.15, -0.1) is 0 Å². The number of anilines is 2. The normalized spacial score (nSPS) is 10.8. The van der Waals surface area contributed by atoms with Crippen LogP contribution in [0, 0.1) is 0 Å². The van der Waals surface area contributed by atoms with E-state index in [4.69, 9.17) is 4.74 Å². The highest BCUT2D eigenvalue weighted by Crippen LogP contribution is 2.17. The lowest BCUT2D eigenvalue weighted by Crippen LogP contribution is -2.20. The maximum Gasteiger partial charge on any atom is 0.264 e. The minimum absolute atomic E-state index is 0.00903. The van der Waals surface area contributed by atoms with Crippen molar-refractivity contribution in [3.63, 3.8) is 0 Å². The van der Waals surface area contributed by atoms with E-state index in [9.17, 15) is 18.0 Å². The maximum absolute atomic E-state index is 12.3. The van der Waals surface area contributed by atoms with Crippen molar-refractivity contribution in [2.24, 2.45) is 0 Å². The Balaban J connectivity index is 1.58. The number of Topliss-reactive ketones (excluding diaryl/α,β-unsaturated/α-hetero) is 1. The second kappa shape index (κ2) is 9.14. The zero-order chi connectivity index (χ0) is 21.6. The van der Waals surface area contributed by atoms with E-state index < -0.39 is 15.9 Å². The molecule has 10 heteroatoms. The summed E-state index contributed by atoms with van der Waals surface area (Å²) in [6.45, 7) is 1.17. The van der Waals surface area contributed by atoms with Gasteiger partial charge in [0, 0.05) is 23.6 Å². The van der Waals surface area contributed by atoms with Gasteiger partial charge in [-0.2, -0.15) is 0 Å². The van der Waals surface area contributed by atoms with Crippen molar-refractivity contribution >= 4 is 33.3 Å². The van der Waals surface area contributed by atoms with Crippen molar-refractivity contribution in [3.8, 4) is 5.75 Å². The monoisotopic (exact) mass is 426 g/mol. The molecular weight excluding hydrogens is 408 g/mol. The minimum atomic E-state index is -3.86. The van der Waals surface area contributed by atoms with Gasteiger partial charge in [0.25, 0.3) is 15.9 Å². The number of hydrogen-bond acceptors (Lipinski definition) is 7. The molecule has 0 unspecified atom stereocenters. The minimum Gasteiger partial charge on any atom is -0.484 e. The molecule has 0 saturated carbocycles. The molecule has 0 aliphatic carbocycles. The van der Waals surface area contributed by atoms with Crippen molar-refractivity contribution in [2.75, 3.05) is 16.6 Å². The molecule has 1 heterocycles. The van der Waals surface area contributed by atoms with E-state index in [1.54, 1.807) is 30.3 Å². The Morgan fingerprint density at radius 1 is 1.00 bits per heavy atom. The molecule has 1 amide bonds. The summed E-state index contributed by atoms with van der Waals surface area (Å²) in [6.07, 6.45) is 2.84. The Labute approximate surface area is 173 Å². The molecule has 30 heavy (non-hydrogen) atoms. The van der Waals surface area contributed by atoms with E-state index in [1.165, 1.54) is 43.6 Å². The third-order valence-electron chi connectivity index (χ3n) is 3.85. The fourth-order valence-corrected chi connectivity index (χ4v) is 3.36. The number of nitrogens with zero attached hydrogens (tertiary/aromatic N) is 2. The third kappa shape index (κ3) is 5.61. The van der Waals surface area contributed by atoms with E-state index >= 15 is 0 Å². The number of amides is 1. The van der Waals surface area contributed by atoms with Gasteiger partial charge in [0.2, 0.25) is 5.95 Å². The standard InChI is InChI=1S/C20H18N4O5S/c1-14(25)15-4-2-5-17(12-15)29-13-19(26)23-16-6-8-18(9-7-16)30(27,28)24-20-21-10-3-11-22-20/h2-12H,13H2,1H3,(H,23,26)(H,21,22,24). The molecule has 0 spiro atoms. The van der Waals surface area contributed by atoms with Crippen LogP contribution in [-0.4, -0.2) is 36.7 Å². The largest absolute Gasteiger partial charge is 0.484 e. The molecule has 0 radical (unpaired) electrons. The van der Waals surface area contributed by atoms with Crippen LogP contribution in [0.15, 0.2) is 71.9 Å². The number of hydrogen-bond donors (Lipinski definition) is 2. The highest BCUT2D eigenvalue weighted by atomic mass is 32.2. The number of nitrogens with one attached hydrogen (secondary N) is 2. The van der Waals surface area contributed by atoms with Gasteiger partial charge in [0.1, 0.15) is 5.75 Å². The van der Waals surface area contributed by atoms with Gasteiger partial charge in [-0.1, -0.05) is 12.1 Å². The van der Waals surface area contributed by atoms with Crippen molar-refractivity contribution in [1.82, 2.24) is 9.97 Å². The Bertz CT molecular complexity index is 1150. The van der Waals surface area contributed by atoms with Gasteiger partial charge < -0.3 is 10.1 Å². The quantitative estimate of drug-likeness (QED) is 0.530. The number of ketones is 1. The van der Waals surface area contributed by atoms with Crippen LogP contribution in [-0.2, 0) is 14.8 Å². The van der Waals surface area contributed by atoms with Crippen molar-refractivity contribution in [2.45, 2.75) is 11.8 Å². The number of aromatic nitrogens is 2. The highest BCUT2D eigenvalue weighted by Gasteiger charge is 2.15. The van der Waals surface area contributed by atoms with E-state index in [2.05, 4.69) is 20.0 Å². The summed E-state index contributed by atoms with van der Waals surface area (Å²) in [5, 5.41) is 2.61. The van der Waals surface area contributed by atoms with E-state index in [0.29, 0.717) is 17.0 Å². The van der Waals surface area contributed by atoms with Gasteiger partial charge in [-0.25, -0.2) is 23.1 Å². The highest BCUT2D eigenvalue weighted by molar-refractivity contribution is 7.92. The van der Waals surface area contributed by atoms with Gasteiger partial charge >= 0.3 is 0 Å². The molecule has 3 rings (SSSR count). The lowest BCUT2D eigenvalue weighted by atomic mass is 10.1. The number of sulfonamides is 1. The zero-order valence-electron chi connectivity index (χ0n) is 15.9. The molecule has 0 bridgehead atoms. The molecule has 2 N–H and O–H groups in total. The number of carbonyl (C=O) groups excluding carboxylic acids is 2. The fourth-order valence-electron chi connectivity index (χ4n) is 2.40. The first-order valence-electron chi connectivity index (χ1n) is 8.77. The van der Waals surface area contributed by atoms with Crippen molar-refractivity contribution in [3.05, 3.63) is 72.6 Å². The lowest BCUT2D eigenvalue weighted by molar-refractivity contribution is -0.118. The van der Waals surface area contributed by atoms with Crippen LogP contribution < -0.4 is 14.8 Å². The van der Waals surface area contributed by atoms with Gasteiger partial charge in [0.05, 0.1) is 4.90 Å². The summed E-state index contributed by atoms with van der Waals surface area (Å²) >= 11 is 0. The van der Waals surface area contributed by atoms with Crippen LogP contribution in [0.25, 0.3) is 0 Å². The van der Waals surface area contributed by atoms with Gasteiger partial charge in [-0.05, 0) is 49.4 Å². The first-order chi connectivity index (χ1) is 14.3. The van der Waals surface area contributed by atoms with Crippen LogP contribution >= 0.6 is 0 Å². The molecule has 154 valence electrons. The van der Waals surface area contributed by atoms with E-state index in [1.807, 2.05) is 0 Å². The molecule has 1 aromatic heterocycles. The molecule has 0 aliphatic heterocycles. The second-order valence-electron chi connectivity index (χ2n) is 6.12. The third-order valence-corrected chi connectivity index (χ3v) is 5.19. The average Bonchev–Trinajstić information content (AvgIpc) is 2.73. The number of ether oxygens (including phenoxy) is 1. The van der Waals surface area contributed by atoms with Crippen LogP contribution in [0.3, 0.4) is 0 Å². The summed E-state index contributed by atoms with van der Waals surface area (Å²) in [7, 11) is -3.86. The topological polar surface area (TPSA) is 127 Å². The molecule has 3 aromatic rings. The average molecular weight is 426 g/mol. The Hall–Kier alpha value is -3.79. The first-order valence-corrected chi connectivity index (χ1v) is 10.3. The zero-order valence-corrected chi connectivity index (χ0v) is 16.7. The number of rotatable bonds is 8. The van der Waals surface area contributed by atoms with Crippen LogP contribution in [0.2, 0.25) is 0 Å². The lowest BCUT2D eigenvalue weighted by Gasteiger charge is -2.09. The second-order valence-corrected chi connectivity index (χ2v) is 7.81. The number of benzene rings is 2. The fraction of sp³-hybridized carbons (Fsp3) is 0.100. The Morgan fingerprint density at radius 2 is 1.70 bits per heavy atom. The van der Waals surface area contributed by atoms with E-state index in [-0.39, 0.29) is 23.2 Å². The summed E-state index contributed by atoms with van der Waals surface area (Å²) in [5.41, 5.74) is 0.884. The number of carbonyl (C=O) groups is 2.